The monoisotopic (exact) mass is 370 g/mol. The number of hydrogen-bond acceptors (Lipinski definition) is 3. The van der Waals surface area contributed by atoms with Gasteiger partial charge in [-0.25, -0.2) is 13.1 Å². The van der Waals surface area contributed by atoms with Crippen molar-refractivity contribution in [3.8, 4) is 0 Å². The van der Waals surface area contributed by atoms with Gasteiger partial charge >= 0.3 is 0 Å². The number of fused-ring (bicyclic) bond motifs is 2. The smallest absolute Gasteiger partial charge is 0.241 e. The molecule has 0 aromatic heterocycles. The zero-order valence-electron chi connectivity index (χ0n) is 14.5. The van der Waals surface area contributed by atoms with E-state index in [4.69, 9.17) is 0 Å². The van der Waals surface area contributed by atoms with Gasteiger partial charge in [-0.15, -0.1) is 0 Å². The first-order valence-electron chi connectivity index (χ1n) is 9.06. The maximum Gasteiger partial charge on any atom is 0.241 e. The Kier molecular flexibility index (Phi) is 4.54. The second kappa shape index (κ2) is 6.85. The minimum Gasteiger partial charge on any atom is -0.324 e. The summed E-state index contributed by atoms with van der Waals surface area (Å²) in [6.45, 7) is -0.268. The fourth-order valence-corrected chi connectivity index (χ4v) is 5.00. The van der Waals surface area contributed by atoms with Crippen LogP contribution in [0.25, 0.3) is 0 Å². The number of sulfonamides is 1. The van der Waals surface area contributed by atoms with E-state index < -0.39 is 10.0 Å². The van der Waals surface area contributed by atoms with E-state index in [1.54, 1.807) is 18.2 Å². The van der Waals surface area contributed by atoms with Gasteiger partial charge in [0.05, 0.1) is 11.4 Å². The van der Waals surface area contributed by atoms with E-state index in [0.29, 0.717) is 0 Å². The van der Waals surface area contributed by atoms with Crippen LogP contribution in [0.3, 0.4) is 0 Å². The van der Waals surface area contributed by atoms with E-state index in [1.165, 1.54) is 34.4 Å². The van der Waals surface area contributed by atoms with Crippen molar-refractivity contribution < 1.29 is 13.2 Å². The molecule has 1 amide bonds. The summed E-state index contributed by atoms with van der Waals surface area (Å²) < 4.78 is 26.9. The van der Waals surface area contributed by atoms with Gasteiger partial charge in [-0.3, -0.25) is 4.79 Å². The number of benzene rings is 2. The molecule has 0 spiro atoms. The van der Waals surface area contributed by atoms with Crippen LogP contribution in [0.1, 0.15) is 35.1 Å². The highest BCUT2D eigenvalue weighted by Gasteiger charge is 2.25. The third-order valence-electron chi connectivity index (χ3n) is 5.21. The van der Waals surface area contributed by atoms with Crippen LogP contribution >= 0.6 is 0 Å². The lowest BCUT2D eigenvalue weighted by atomic mass is 9.98. The first-order valence-corrected chi connectivity index (χ1v) is 10.5. The van der Waals surface area contributed by atoms with Gasteiger partial charge in [0.25, 0.3) is 0 Å². The van der Waals surface area contributed by atoms with Crippen LogP contribution < -0.4 is 10.0 Å². The van der Waals surface area contributed by atoms with E-state index >= 15 is 0 Å². The van der Waals surface area contributed by atoms with E-state index in [2.05, 4.69) is 16.1 Å². The van der Waals surface area contributed by atoms with Gasteiger partial charge in [-0.2, -0.15) is 0 Å². The number of amides is 1. The number of carbonyl (C=O) groups excluding carboxylic acids is 1. The summed E-state index contributed by atoms with van der Waals surface area (Å²) in [5, 5.41) is 3.00. The lowest BCUT2D eigenvalue weighted by Gasteiger charge is -2.16. The van der Waals surface area contributed by atoms with Crippen molar-refractivity contribution >= 4 is 21.6 Å². The molecule has 0 bridgehead atoms. The zero-order valence-corrected chi connectivity index (χ0v) is 15.4. The third kappa shape index (κ3) is 3.27. The van der Waals surface area contributed by atoms with E-state index in [0.717, 1.165) is 44.2 Å². The van der Waals surface area contributed by atoms with Crippen molar-refractivity contribution in [1.29, 1.82) is 0 Å². The molecule has 0 fully saturated rings. The fraction of sp³-hybridized carbons (Fsp3) is 0.350. The lowest BCUT2D eigenvalue weighted by Crippen LogP contribution is -2.33. The van der Waals surface area contributed by atoms with Crippen molar-refractivity contribution in [3.63, 3.8) is 0 Å². The van der Waals surface area contributed by atoms with Crippen molar-refractivity contribution in [1.82, 2.24) is 4.72 Å². The molecule has 5 nitrogen and oxygen atoms in total. The molecule has 0 atom stereocenters. The molecule has 0 aliphatic heterocycles. The average molecular weight is 370 g/mol. The molecule has 0 unspecified atom stereocenters. The van der Waals surface area contributed by atoms with Crippen LogP contribution in [0, 0.1) is 0 Å². The molecule has 2 aromatic rings. The Morgan fingerprint density at radius 2 is 1.54 bits per heavy atom. The van der Waals surface area contributed by atoms with Crippen molar-refractivity contribution in [3.05, 3.63) is 58.7 Å². The fourth-order valence-electron chi connectivity index (χ4n) is 3.99. The molecule has 0 radical (unpaired) electrons. The van der Waals surface area contributed by atoms with Gasteiger partial charge < -0.3 is 5.32 Å². The van der Waals surface area contributed by atoms with Gasteiger partial charge in [-0.1, -0.05) is 24.3 Å². The van der Waals surface area contributed by atoms with Crippen LogP contribution in [0.4, 0.5) is 5.69 Å². The molecule has 4 rings (SSSR count). The van der Waals surface area contributed by atoms with E-state index in [9.17, 15) is 13.2 Å². The highest BCUT2D eigenvalue weighted by atomic mass is 32.2. The van der Waals surface area contributed by atoms with E-state index in [1.807, 2.05) is 0 Å². The molecule has 2 N–H and O–H groups in total. The summed E-state index contributed by atoms with van der Waals surface area (Å²) in [6, 6.07) is 10.4. The van der Waals surface area contributed by atoms with Crippen LogP contribution in [-0.2, 0) is 40.5 Å². The first kappa shape index (κ1) is 17.2. The van der Waals surface area contributed by atoms with Gasteiger partial charge in [-0.05, 0) is 72.9 Å². The molecule has 0 heterocycles. The van der Waals surface area contributed by atoms with Crippen molar-refractivity contribution in [2.75, 3.05) is 11.9 Å². The quantitative estimate of drug-likeness (QED) is 0.849. The van der Waals surface area contributed by atoms with Gasteiger partial charge in [0.15, 0.2) is 0 Å². The third-order valence-corrected chi connectivity index (χ3v) is 6.63. The Bertz CT molecular complexity index is 921. The van der Waals surface area contributed by atoms with Gasteiger partial charge in [0.1, 0.15) is 0 Å². The molecule has 0 saturated carbocycles. The standard InChI is InChI=1S/C20H22N2O3S/c23-19(13-21-26(24,25)16-8-2-1-3-9-16)22-20-17-10-4-6-14(17)12-15-7-5-11-18(15)20/h1-3,8-9,12,21H,4-7,10-11,13H2,(H,22,23). The molecule has 136 valence electrons. The molecule has 2 aliphatic carbocycles. The summed E-state index contributed by atoms with van der Waals surface area (Å²) in [5.74, 6) is -0.320. The summed E-state index contributed by atoms with van der Waals surface area (Å²) >= 11 is 0. The maximum absolute atomic E-state index is 12.5. The summed E-state index contributed by atoms with van der Waals surface area (Å²) in [6.07, 6.45) is 6.31. The Balaban J connectivity index is 1.50. The molecule has 2 aliphatic rings. The SMILES string of the molecule is O=C(CNS(=O)(=O)c1ccccc1)Nc1c2c(cc3c1CCC3)CCC2. The van der Waals surface area contributed by atoms with Gasteiger partial charge in [0.2, 0.25) is 15.9 Å². The minimum atomic E-state index is -3.68. The summed E-state index contributed by atoms with van der Waals surface area (Å²) in [7, 11) is -3.68. The number of nitrogens with one attached hydrogen (secondary N) is 2. The van der Waals surface area contributed by atoms with Crippen LogP contribution in [0.15, 0.2) is 41.3 Å². The minimum absolute atomic E-state index is 0.161. The highest BCUT2D eigenvalue weighted by Crippen LogP contribution is 2.38. The highest BCUT2D eigenvalue weighted by molar-refractivity contribution is 7.89. The lowest BCUT2D eigenvalue weighted by molar-refractivity contribution is -0.115. The molecule has 2 aromatic carbocycles. The second-order valence-electron chi connectivity index (χ2n) is 6.92. The molecular weight excluding hydrogens is 348 g/mol. The van der Waals surface area contributed by atoms with Gasteiger partial charge in [0, 0.05) is 5.69 Å². The van der Waals surface area contributed by atoms with Crippen LogP contribution in [0.2, 0.25) is 0 Å². The number of anilines is 1. The number of carbonyl (C=O) groups is 1. The molecule has 0 saturated heterocycles. The molecular formula is C20H22N2O3S. The Hall–Kier alpha value is -2.18. The number of rotatable bonds is 5. The Labute approximate surface area is 153 Å². The summed E-state index contributed by atoms with van der Waals surface area (Å²) in [4.78, 5) is 12.6. The predicted molar refractivity (Wildman–Crippen MR) is 101 cm³/mol. The Morgan fingerprint density at radius 1 is 0.923 bits per heavy atom. The largest absolute Gasteiger partial charge is 0.324 e. The first-order chi connectivity index (χ1) is 12.5. The van der Waals surface area contributed by atoms with Crippen LogP contribution in [0.5, 0.6) is 0 Å². The van der Waals surface area contributed by atoms with Crippen LogP contribution in [-0.4, -0.2) is 20.9 Å². The molecule has 26 heavy (non-hydrogen) atoms. The molecule has 6 heteroatoms. The topological polar surface area (TPSA) is 75.3 Å². The average Bonchev–Trinajstić information content (AvgIpc) is 3.30. The van der Waals surface area contributed by atoms with E-state index in [-0.39, 0.29) is 17.3 Å². The van der Waals surface area contributed by atoms with Crippen molar-refractivity contribution in [2.45, 2.75) is 43.4 Å². The number of aryl methyl sites for hydroxylation is 2. The normalized spacial score (nSPS) is 15.5. The second-order valence-corrected chi connectivity index (χ2v) is 8.69. The van der Waals surface area contributed by atoms with Crippen molar-refractivity contribution in [2.24, 2.45) is 0 Å². The zero-order chi connectivity index (χ0) is 18.1. The number of hydrogen-bond donors (Lipinski definition) is 2. The summed E-state index contributed by atoms with van der Waals surface area (Å²) in [5.41, 5.74) is 6.10. The Morgan fingerprint density at radius 3 is 2.15 bits per heavy atom. The predicted octanol–water partition coefficient (Wildman–Crippen LogP) is 2.58. The maximum atomic E-state index is 12.5.